The summed E-state index contributed by atoms with van der Waals surface area (Å²) in [5, 5.41) is 3.17. The van der Waals surface area contributed by atoms with Gasteiger partial charge in [-0.3, -0.25) is 0 Å². The van der Waals surface area contributed by atoms with Crippen molar-refractivity contribution in [2.75, 3.05) is 18.8 Å². The van der Waals surface area contributed by atoms with E-state index >= 15 is 0 Å². The third-order valence-corrected chi connectivity index (χ3v) is 3.19. The monoisotopic (exact) mass is 259 g/mol. The molecule has 1 atom stereocenters. The van der Waals surface area contributed by atoms with Crippen LogP contribution in [0.5, 0.6) is 0 Å². The minimum Gasteiger partial charge on any atom is -0.316 e. The second kappa shape index (κ2) is 7.53. The van der Waals surface area contributed by atoms with Gasteiger partial charge in [-0.15, -0.1) is 0 Å². The number of rotatable bonds is 7. The Morgan fingerprint density at radius 2 is 2.18 bits per heavy atom. The topological polar surface area (TPSA) is 49.3 Å². The van der Waals surface area contributed by atoms with Gasteiger partial charge in [0.2, 0.25) is 0 Å². The van der Waals surface area contributed by atoms with Crippen LogP contribution in [0.1, 0.15) is 17.5 Å². The Labute approximate surface area is 104 Å². The fourth-order valence-electron chi connectivity index (χ4n) is 1.58. The van der Waals surface area contributed by atoms with E-state index in [1.165, 1.54) is 6.07 Å². The number of nitrogens with one attached hydrogen (secondary N) is 1. The lowest BCUT2D eigenvalue weighted by Gasteiger charge is -2.07. The van der Waals surface area contributed by atoms with Crippen LogP contribution < -0.4 is 5.32 Å². The molecule has 0 aliphatic rings. The van der Waals surface area contributed by atoms with Gasteiger partial charge < -0.3 is 9.87 Å². The smallest absolute Gasteiger partial charge is 0.152 e. The summed E-state index contributed by atoms with van der Waals surface area (Å²) < 4.78 is 31.9. The van der Waals surface area contributed by atoms with Crippen molar-refractivity contribution in [1.82, 2.24) is 5.32 Å². The number of aryl methyl sites for hydroxylation is 1. The average Bonchev–Trinajstić information content (AvgIpc) is 2.27. The molecule has 3 nitrogen and oxygen atoms in total. The summed E-state index contributed by atoms with van der Waals surface area (Å²) in [5.41, 5.74) is 2.09. The van der Waals surface area contributed by atoms with Gasteiger partial charge in [0, 0.05) is 0 Å². The summed E-state index contributed by atoms with van der Waals surface area (Å²) in [4.78, 5) is 0. The Bertz CT molecular complexity index is 385. The molecule has 96 valence electrons. The van der Waals surface area contributed by atoms with E-state index in [1.807, 2.05) is 6.92 Å². The minimum atomic E-state index is -1.70. The Morgan fingerprint density at radius 1 is 1.41 bits per heavy atom. The van der Waals surface area contributed by atoms with Crippen molar-refractivity contribution in [2.24, 2.45) is 0 Å². The van der Waals surface area contributed by atoms with E-state index in [4.69, 9.17) is 4.55 Å². The molecule has 0 aliphatic carbocycles. The Kier molecular flexibility index (Phi) is 6.32. The summed E-state index contributed by atoms with van der Waals surface area (Å²) in [5.74, 6) is 0.0905. The van der Waals surface area contributed by atoms with E-state index in [0.29, 0.717) is 18.7 Å². The second-order valence-electron chi connectivity index (χ2n) is 3.95. The second-order valence-corrected chi connectivity index (χ2v) is 5.00. The van der Waals surface area contributed by atoms with E-state index in [2.05, 4.69) is 5.32 Å². The molecule has 0 amide bonds. The molecule has 0 heterocycles. The molecule has 0 bridgehead atoms. The van der Waals surface area contributed by atoms with E-state index in [9.17, 15) is 8.60 Å². The summed E-state index contributed by atoms with van der Waals surface area (Å²) in [7, 11) is 0. The molecule has 0 aromatic heterocycles. The number of hydrogen-bond acceptors (Lipinski definition) is 2. The fraction of sp³-hybridized carbons (Fsp3) is 0.500. The average molecular weight is 259 g/mol. The van der Waals surface area contributed by atoms with Crippen molar-refractivity contribution in [3.8, 4) is 0 Å². The van der Waals surface area contributed by atoms with Crippen LogP contribution >= 0.6 is 0 Å². The quantitative estimate of drug-likeness (QED) is 0.580. The highest BCUT2D eigenvalue weighted by Gasteiger charge is 2.00. The molecule has 1 aromatic carbocycles. The summed E-state index contributed by atoms with van der Waals surface area (Å²) in [6.45, 7) is 3.42. The van der Waals surface area contributed by atoms with Crippen molar-refractivity contribution in [3.05, 3.63) is 35.1 Å². The van der Waals surface area contributed by atoms with Crippen molar-refractivity contribution in [1.29, 1.82) is 0 Å². The highest BCUT2D eigenvalue weighted by Crippen LogP contribution is 2.10. The predicted molar refractivity (Wildman–Crippen MR) is 68.0 cm³/mol. The highest BCUT2D eigenvalue weighted by molar-refractivity contribution is 7.79. The Hall–Kier alpha value is -0.780. The van der Waals surface area contributed by atoms with Gasteiger partial charge in [-0.1, -0.05) is 6.07 Å². The molecule has 0 saturated carbocycles. The SMILES string of the molecule is Cc1ccc(F)cc1CCNCCCS(=O)O. The van der Waals surface area contributed by atoms with Crippen molar-refractivity contribution in [3.63, 3.8) is 0 Å². The standard InChI is InChI=1S/C12H18FNO2S/c1-10-3-4-12(13)9-11(10)5-7-14-6-2-8-17(15)16/h3-4,9,14H,2,5-8H2,1H3,(H,15,16). The van der Waals surface area contributed by atoms with Gasteiger partial charge in [0.1, 0.15) is 5.82 Å². The molecular weight excluding hydrogens is 241 g/mol. The largest absolute Gasteiger partial charge is 0.316 e. The van der Waals surface area contributed by atoms with Gasteiger partial charge in [0.15, 0.2) is 11.1 Å². The number of benzene rings is 1. The van der Waals surface area contributed by atoms with Gasteiger partial charge in [-0.25, -0.2) is 8.60 Å². The first-order valence-electron chi connectivity index (χ1n) is 5.63. The van der Waals surface area contributed by atoms with Crippen LogP contribution in [-0.4, -0.2) is 27.6 Å². The van der Waals surface area contributed by atoms with E-state index in [-0.39, 0.29) is 5.82 Å². The maximum absolute atomic E-state index is 13.0. The first kappa shape index (κ1) is 14.3. The van der Waals surface area contributed by atoms with Gasteiger partial charge in [-0.05, 0) is 56.1 Å². The first-order valence-corrected chi connectivity index (χ1v) is 6.90. The fourth-order valence-corrected chi connectivity index (χ4v) is 1.97. The molecule has 0 radical (unpaired) electrons. The van der Waals surface area contributed by atoms with Gasteiger partial charge in [0.05, 0.1) is 5.75 Å². The molecule has 2 N–H and O–H groups in total. The Balaban J connectivity index is 2.22. The molecule has 0 aliphatic heterocycles. The summed E-state index contributed by atoms with van der Waals surface area (Å²) in [6, 6.07) is 4.79. The van der Waals surface area contributed by atoms with Crippen LogP contribution in [-0.2, 0) is 17.5 Å². The van der Waals surface area contributed by atoms with E-state index in [1.54, 1.807) is 12.1 Å². The molecule has 17 heavy (non-hydrogen) atoms. The minimum absolute atomic E-state index is 0.207. The van der Waals surface area contributed by atoms with Crippen LogP contribution in [0.4, 0.5) is 4.39 Å². The van der Waals surface area contributed by atoms with Gasteiger partial charge in [-0.2, -0.15) is 0 Å². The van der Waals surface area contributed by atoms with Crippen LogP contribution in [0.3, 0.4) is 0 Å². The molecule has 0 fully saturated rings. The lowest BCUT2D eigenvalue weighted by atomic mass is 10.1. The zero-order chi connectivity index (χ0) is 12.7. The predicted octanol–water partition coefficient (Wildman–Crippen LogP) is 1.88. The van der Waals surface area contributed by atoms with Crippen molar-refractivity contribution in [2.45, 2.75) is 19.8 Å². The summed E-state index contributed by atoms with van der Waals surface area (Å²) in [6.07, 6.45) is 1.44. The normalized spacial score (nSPS) is 12.6. The van der Waals surface area contributed by atoms with Crippen molar-refractivity contribution >= 4 is 11.1 Å². The van der Waals surface area contributed by atoms with Gasteiger partial charge in [0.25, 0.3) is 0 Å². The Morgan fingerprint density at radius 3 is 2.88 bits per heavy atom. The maximum atomic E-state index is 13.0. The zero-order valence-corrected chi connectivity index (χ0v) is 10.7. The van der Waals surface area contributed by atoms with Crippen LogP contribution in [0.2, 0.25) is 0 Å². The van der Waals surface area contributed by atoms with Crippen LogP contribution in [0.25, 0.3) is 0 Å². The van der Waals surface area contributed by atoms with Crippen molar-refractivity contribution < 1.29 is 13.2 Å². The summed E-state index contributed by atoms with van der Waals surface area (Å²) >= 11 is -1.70. The number of hydrogen-bond donors (Lipinski definition) is 2. The molecule has 0 saturated heterocycles. The molecule has 0 spiro atoms. The third-order valence-electron chi connectivity index (χ3n) is 2.55. The highest BCUT2D eigenvalue weighted by atomic mass is 32.2. The zero-order valence-electron chi connectivity index (χ0n) is 9.91. The number of halogens is 1. The third kappa shape index (κ3) is 5.91. The lowest BCUT2D eigenvalue weighted by Crippen LogP contribution is -2.20. The van der Waals surface area contributed by atoms with Gasteiger partial charge >= 0.3 is 0 Å². The van der Waals surface area contributed by atoms with E-state index < -0.39 is 11.1 Å². The molecule has 5 heteroatoms. The lowest BCUT2D eigenvalue weighted by molar-refractivity contribution is 0.558. The molecule has 1 aromatic rings. The molecule has 1 unspecified atom stereocenters. The molecular formula is C12H18FNO2S. The van der Waals surface area contributed by atoms with Crippen LogP contribution in [0.15, 0.2) is 18.2 Å². The van der Waals surface area contributed by atoms with E-state index in [0.717, 1.165) is 24.1 Å². The maximum Gasteiger partial charge on any atom is 0.152 e. The van der Waals surface area contributed by atoms with Crippen LogP contribution in [0, 0.1) is 12.7 Å². The molecule has 1 rings (SSSR count). The first-order chi connectivity index (χ1) is 8.09.